The Morgan fingerprint density at radius 1 is 1.14 bits per heavy atom. The van der Waals surface area contributed by atoms with E-state index >= 15 is 0 Å². The van der Waals surface area contributed by atoms with Gasteiger partial charge in [-0.1, -0.05) is 42.0 Å². The number of sulfonamides is 1. The second-order valence-corrected chi connectivity index (χ2v) is 7.31. The average Bonchev–Trinajstić information content (AvgIpc) is 2.49. The van der Waals surface area contributed by atoms with E-state index in [2.05, 4.69) is 4.72 Å². The van der Waals surface area contributed by atoms with Gasteiger partial charge in [0.1, 0.15) is 5.75 Å². The molecule has 5 heteroatoms. The Bertz CT molecular complexity index is 767. The Morgan fingerprint density at radius 3 is 2.68 bits per heavy atom. The number of nitrogens with one attached hydrogen (secondary N) is 1. The first-order valence-electron chi connectivity index (χ1n) is 7.34. The van der Waals surface area contributed by atoms with Gasteiger partial charge in [0, 0.05) is 0 Å². The lowest BCUT2D eigenvalue weighted by Crippen LogP contribution is -2.17. The van der Waals surface area contributed by atoms with E-state index in [-0.39, 0.29) is 5.75 Å². The first-order valence-corrected chi connectivity index (χ1v) is 8.99. The van der Waals surface area contributed by atoms with Gasteiger partial charge in [0.05, 0.1) is 18.0 Å². The molecule has 0 spiro atoms. The summed E-state index contributed by atoms with van der Waals surface area (Å²) in [5, 5.41) is 0. The fourth-order valence-corrected chi connectivity index (χ4v) is 3.78. The number of para-hydroxylation sites is 1. The molecule has 4 nitrogen and oxygen atoms in total. The predicted octanol–water partition coefficient (Wildman–Crippen LogP) is 3.26. The van der Waals surface area contributed by atoms with Crippen LogP contribution in [0.15, 0.2) is 42.5 Å². The number of aryl methyl sites for hydroxylation is 2. The number of hydrogen-bond donors (Lipinski definition) is 1. The third-order valence-corrected chi connectivity index (χ3v) is 4.92. The van der Waals surface area contributed by atoms with Crippen molar-refractivity contribution in [2.45, 2.75) is 25.5 Å². The van der Waals surface area contributed by atoms with Gasteiger partial charge in [-0.3, -0.25) is 4.72 Å². The molecule has 1 aliphatic heterocycles. The molecule has 0 saturated carbocycles. The molecule has 116 valence electrons. The van der Waals surface area contributed by atoms with Crippen molar-refractivity contribution in [3.05, 3.63) is 59.2 Å². The molecule has 0 fully saturated rings. The highest BCUT2D eigenvalue weighted by atomic mass is 32.2. The summed E-state index contributed by atoms with van der Waals surface area (Å²) in [5.74, 6) is 0.623. The Balaban J connectivity index is 1.81. The predicted molar refractivity (Wildman–Crippen MR) is 87.7 cm³/mol. The van der Waals surface area contributed by atoms with Crippen molar-refractivity contribution in [1.82, 2.24) is 0 Å². The van der Waals surface area contributed by atoms with Gasteiger partial charge in [0.15, 0.2) is 0 Å². The van der Waals surface area contributed by atoms with E-state index in [1.165, 1.54) is 0 Å². The molecule has 0 unspecified atom stereocenters. The van der Waals surface area contributed by atoms with E-state index in [0.29, 0.717) is 18.0 Å². The first-order chi connectivity index (χ1) is 10.5. The molecule has 0 bridgehead atoms. The van der Waals surface area contributed by atoms with Crippen LogP contribution < -0.4 is 9.46 Å². The van der Waals surface area contributed by atoms with E-state index in [1.54, 1.807) is 6.07 Å². The molecule has 1 heterocycles. The van der Waals surface area contributed by atoms with Crippen LogP contribution in [-0.4, -0.2) is 15.0 Å². The van der Waals surface area contributed by atoms with Crippen LogP contribution in [0.4, 0.5) is 5.69 Å². The highest BCUT2D eigenvalue weighted by Crippen LogP contribution is 2.33. The summed E-state index contributed by atoms with van der Waals surface area (Å²) in [4.78, 5) is 0. The molecule has 22 heavy (non-hydrogen) atoms. The van der Waals surface area contributed by atoms with Crippen molar-refractivity contribution >= 4 is 15.7 Å². The van der Waals surface area contributed by atoms with Gasteiger partial charge in [-0.15, -0.1) is 0 Å². The molecule has 0 amide bonds. The number of rotatable bonds is 4. The molecular formula is C17H19NO3S. The number of fused-ring (bicyclic) bond motifs is 1. The van der Waals surface area contributed by atoms with E-state index in [9.17, 15) is 8.42 Å². The van der Waals surface area contributed by atoms with Crippen molar-refractivity contribution in [3.8, 4) is 5.75 Å². The van der Waals surface area contributed by atoms with Crippen LogP contribution >= 0.6 is 0 Å². The molecule has 2 aromatic carbocycles. The highest BCUT2D eigenvalue weighted by Gasteiger charge is 2.19. The molecule has 0 atom stereocenters. The molecule has 0 aliphatic carbocycles. The van der Waals surface area contributed by atoms with Crippen LogP contribution in [0.3, 0.4) is 0 Å². The Kier molecular flexibility index (Phi) is 4.07. The van der Waals surface area contributed by atoms with Gasteiger partial charge >= 0.3 is 0 Å². The standard InChI is InChI=1S/C17H19NO3S/c1-13-7-9-14(10-8-13)12-22(19,20)18-16-6-2-4-15-5-3-11-21-17(15)16/h2,4,6-10,18H,3,5,11-12H2,1H3. The first kappa shape index (κ1) is 14.9. The molecule has 3 rings (SSSR count). The second-order valence-electron chi connectivity index (χ2n) is 5.59. The summed E-state index contributed by atoms with van der Waals surface area (Å²) in [5.41, 5.74) is 3.47. The van der Waals surface area contributed by atoms with Crippen molar-refractivity contribution in [1.29, 1.82) is 0 Å². The number of anilines is 1. The van der Waals surface area contributed by atoms with E-state index < -0.39 is 10.0 Å². The van der Waals surface area contributed by atoms with E-state index in [1.807, 2.05) is 43.3 Å². The molecule has 2 aromatic rings. The lowest BCUT2D eigenvalue weighted by Gasteiger charge is -2.20. The van der Waals surface area contributed by atoms with Crippen LogP contribution in [0, 0.1) is 6.92 Å². The summed E-state index contributed by atoms with van der Waals surface area (Å²) >= 11 is 0. The van der Waals surface area contributed by atoms with Crippen LogP contribution in [-0.2, 0) is 22.2 Å². The van der Waals surface area contributed by atoms with Crippen molar-refractivity contribution in [2.24, 2.45) is 0 Å². The molecular weight excluding hydrogens is 298 g/mol. The zero-order chi connectivity index (χ0) is 15.6. The smallest absolute Gasteiger partial charge is 0.237 e. The number of hydrogen-bond acceptors (Lipinski definition) is 3. The normalized spacial score (nSPS) is 14.0. The molecule has 0 radical (unpaired) electrons. The van der Waals surface area contributed by atoms with Crippen LogP contribution in [0.2, 0.25) is 0 Å². The van der Waals surface area contributed by atoms with Gasteiger partial charge < -0.3 is 4.74 Å². The molecule has 1 N–H and O–H groups in total. The highest BCUT2D eigenvalue weighted by molar-refractivity contribution is 7.91. The zero-order valence-electron chi connectivity index (χ0n) is 12.5. The Labute approximate surface area is 131 Å². The van der Waals surface area contributed by atoms with Crippen LogP contribution in [0.1, 0.15) is 23.1 Å². The molecule has 1 aliphatic rings. The maximum Gasteiger partial charge on any atom is 0.237 e. The Morgan fingerprint density at radius 2 is 1.91 bits per heavy atom. The zero-order valence-corrected chi connectivity index (χ0v) is 13.3. The van der Waals surface area contributed by atoms with Crippen LogP contribution in [0.25, 0.3) is 0 Å². The van der Waals surface area contributed by atoms with Crippen molar-refractivity contribution in [3.63, 3.8) is 0 Å². The SMILES string of the molecule is Cc1ccc(CS(=O)(=O)Nc2cccc3c2OCCC3)cc1. The summed E-state index contributed by atoms with van der Waals surface area (Å²) in [6.07, 6.45) is 1.88. The van der Waals surface area contributed by atoms with Gasteiger partial charge in [-0.2, -0.15) is 0 Å². The maximum atomic E-state index is 12.4. The van der Waals surface area contributed by atoms with E-state index in [0.717, 1.165) is 29.5 Å². The molecule has 0 aromatic heterocycles. The van der Waals surface area contributed by atoms with E-state index in [4.69, 9.17) is 4.74 Å². The van der Waals surface area contributed by atoms with Gasteiger partial charge in [-0.05, 0) is 37.0 Å². The summed E-state index contributed by atoms with van der Waals surface area (Å²) < 4.78 is 33.0. The second kappa shape index (κ2) is 6.01. The Hall–Kier alpha value is -2.01. The third kappa shape index (κ3) is 3.42. The third-order valence-electron chi connectivity index (χ3n) is 3.68. The van der Waals surface area contributed by atoms with Crippen LogP contribution in [0.5, 0.6) is 5.75 Å². The largest absolute Gasteiger partial charge is 0.491 e. The summed E-state index contributed by atoms with van der Waals surface area (Å²) in [6.45, 7) is 2.60. The van der Waals surface area contributed by atoms with Gasteiger partial charge in [0.2, 0.25) is 10.0 Å². The monoisotopic (exact) mass is 317 g/mol. The number of benzene rings is 2. The summed E-state index contributed by atoms with van der Waals surface area (Å²) in [7, 11) is -3.46. The van der Waals surface area contributed by atoms with Crippen molar-refractivity contribution < 1.29 is 13.2 Å². The number of ether oxygens (including phenoxy) is 1. The maximum absolute atomic E-state index is 12.4. The van der Waals surface area contributed by atoms with Crippen molar-refractivity contribution in [2.75, 3.05) is 11.3 Å². The minimum atomic E-state index is -3.46. The topological polar surface area (TPSA) is 55.4 Å². The fraction of sp³-hybridized carbons (Fsp3) is 0.294. The van der Waals surface area contributed by atoms with Gasteiger partial charge in [-0.25, -0.2) is 8.42 Å². The minimum absolute atomic E-state index is 0.0447. The lowest BCUT2D eigenvalue weighted by molar-refractivity contribution is 0.290. The lowest BCUT2D eigenvalue weighted by atomic mass is 10.1. The molecule has 0 saturated heterocycles. The van der Waals surface area contributed by atoms with Gasteiger partial charge in [0.25, 0.3) is 0 Å². The minimum Gasteiger partial charge on any atom is -0.491 e. The average molecular weight is 317 g/mol. The summed E-state index contributed by atoms with van der Waals surface area (Å²) in [6, 6.07) is 13.1. The quantitative estimate of drug-likeness (QED) is 0.941. The fourth-order valence-electron chi connectivity index (χ4n) is 2.58.